The molecule has 3 atom stereocenters. The maximum Gasteiger partial charge on any atom is 0.408 e. The van der Waals surface area contributed by atoms with Gasteiger partial charge < -0.3 is 29.9 Å². The summed E-state index contributed by atoms with van der Waals surface area (Å²) in [5.74, 6) is -0.345. The van der Waals surface area contributed by atoms with Gasteiger partial charge in [-0.1, -0.05) is 48.5 Å². The first-order valence-corrected chi connectivity index (χ1v) is 18.2. The minimum atomic E-state index is -1.12. The molecule has 2 aliphatic heterocycles. The fourth-order valence-electron chi connectivity index (χ4n) is 7.24. The zero-order valence-electron chi connectivity index (χ0n) is 28.5. The highest BCUT2D eigenvalue weighted by molar-refractivity contribution is 9.10. The van der Waals surface area contributed by atoms with Crippen LogP contribution in [0.15, 0.2) is 76.8 Å². The Bertz CT molecular complexity index is 1800. The highest BCUT2D eigenvalue weighted by Crippen LogP contribution is 2.41. The van der Waals surface area contributed by atoms with Crippen LogP contribution in [0.5, 0.6) is 5.75 Å². The van der Waals surface area contributed by atoms with E-state index in [9.17, 15) is 34.1 Å². The first kappa shape index (κ1) is 36.5. The molecule has 1 aliphatic carbocycles. The molecule has 12 heteroatoms. The second kappa shape index (κ2) is 16.0. The summed E-state index contributed by atoms with van der Waals surface area (Å²) in [7, 11) is 0. The predicted molar refractivity (Wildman–Crippen MR) is 192 cm³/mol. The number of hydrogen-bond acceptors (Lipinski definition) is 6. The van der Waals surface area contributed by atoms with Gasteiger partial charge in [-0.3, -0.25) is 14.5 Å². The Balaban J connectivity index is 1.30. The number of hydrogen-bond donors (Lipinski definition) is 3. The van der Waals surface area contributed by atoms with Crippen molar-refractivity contribution in [3.63, 3.8) is 0 Å². The van der Waals surface area contributed by atoms with Crippen LogP contribution in [0.25, 0.3) is 5.57 Å². The molecule has 2 bridgehead atoms. The standard InChI is InChI=1S/C39H43BrFN3O7/c1-24(46)42-21-31-19-33(26-10-8-25(9-11-26)5-4-16-51-36-18-29(41)12-15-34(36)40)37(35(22-42)44(31)39(49)50)38(48)43(30-13-14-30)20-28-7-3-2-6-27(28)17-32(47)23-45/h2-3,6-12,15,18,30-32,35,45,47H,4-5,13-14,16-17,19-23H2,1H3,(H,49,50)/t31-,32+,35-/m1/s1. The number of halogens is 2. The molecular formula is C39H43BrFN3O7. The number of fused-ring (bicyclic) bond motifs is 2. The Kier molecular flexibility index (Phi) is 11.4. The van der Waals surface area contributed by atoms with Gasteiger partial charge in [0.15, 0.2) is 0 Å². The normalized spacial score (nSPS) is 19.2. The maximum atomic E-state index is 14.9. The van der Waals surface area contributed by atoms with E-state index in [-0.39, 0.29) is 62.8 Å². The van der Waals surface area contributed by atoms with E-state index >= 15 is 0 Å². The third-order valence-electron chi connectivity index (χ3n) is 9.99. The minimum absolute atomic E-state index is 0.0248. The van der Waals surface area contributed by atoms with Gasteiger partial charge in [0.1, 0.15) is 11.6 Å². The van der Waals surface area contributed by atoms with Crippen LogP contribution in [0.2, 0.25) is 0 Å². The number of piperazine rings is 1. The van der Waals surface area contributed by atoms with Crippen LogP contribution in [-0.2, 0) is 29.0 Å². The van der Waals surface area contributed by atoms with Crippen LogP contribution < -0.4 is 4.74 Å². The fourth-order valence-corrected chi connectivity index (χ4v) is 7.60. The van der Waals surface area contributed by atoms with Gasteiger partial charge in [-0.05, 0) is 88.0 Å². The summed E-state index contributed by atoms with van der Waals surface area (Å²) in [5, 5.41) is 30.1. The SMILES string of the molecule is CC(=O)N1C[C@H]2CC(c3ccc(CCCOc4cc(F)ccc4Br)cc3)=C(C(=O)N(Cc3ccccc3C[C@H](O)CO)C3CC3)[C@@H](C1)N2C(=O)O. The summed E-state index contributed by atoms with van der Waals surface area (Å²) in [6, 6.07) is 18.4. The van der Waals surface area contributed by atoms with Gasteiger partial charge in [0, 0.05) is 50.7 Å². The number of aliphatic hydroxyl groups excluding tert-OH is 2. The van der Waals surface area contributed by atoms with Crippen molar-refractivity contribution in [1.29, 1.82) is 0 Å². The summed E-state index contributed by atoms with van der Waals surface area (Å²) in [6.45, 7) is 2.08. The van der Waals surface area contributed by atoms with Gasteiger partial charge in [-0.15, -0.1) is 0 Å². The summed E-state index contributed by atoms with van der Waals surface area (Å²) < 4.78 is 20.1. The molecule has 2 fully saturated rings. The number of carboxylic acid groups (broad SMARTS) is 1. The zero-order chi connectivity index (χ0) is 36.2. The Morgan fingerprint density at radius 2 is 1.76 bits per heavy atom. The van der Waals surface area contributed by atoms with Crippen LogP contribution in [-0.4, -0.2) is 98.5 Å². The summed E-state index contributed by atoms with van der Waals surface area (Å²) in [4.78, 5) is 45.1. The predicted octanol–water partition coefficient (Wildman–Crippen LogP) is 5.42. The van der Waals surface area contributed by atoms with Crippen LogP contribution in [0, 0.1) is 5.82 Å². The second-order valence-electron chi connectivity index (χ2n) is 13.6. The molecule has 270 valence electrons. The molecule has 2 heterocycles. The van der Waals surface area contributed by atoms with Crippen molar-refractivity contribution in [2.45, 2.75) is 76.2 Å². The third-order valence-corrected chi connectivity index (χ3v) is 10.6. The molecule has 3 amide bonds. The zero-order valence-corrected chi connectivity index (χ0v) is 30.1. The number of rotatable bonds is 13. The fraction of sp³-hybridized carbons (Fsp3) is 0.410. The van der Waals surface area contributed by atoms with E-state index in [0.717, 1.165) is 40.7 Å². The number of carbonyl (C=O) groups excluding carboxylic acids is 2. The first-order valence-electron chi connectivity index (χ1n) is 17.4. The second-order valence-corrected chi connectivity index (χ2v) is 14.4. The number of carbonyl (C=O) groups is 3. The molecule has 3 aliphatic rings. The smallest absolute Gasteiger partial charge is 0.408 e. The number of ether oxygens (including phenoxy) is 1. The summed E-state index contributed by atoms with van der Waals surface area (Å²) in [6.07, 6.45) is 1.50. The van der Waals surface area contributed by atoms with Crippen molar-refractivity contribution >= 4 is 39.4 Å². The van der Waals surface area contributed by atoms with Crippen molar-refractivity contribution < 1.29 is 38.8 Å². The van der Waals surface area contributed by atoms with E-state index in [0.29, 0.717) is 35.2 Å². The van der Waals surface area contributed by atoms with E-state index in [4.69, 9.17) is 4.74 Å². The molecule has 0 radical (unpaired) electrons. The Morgan fingerprint density at radius 1 is 1.04 bits per heavy atom. The third kappa shape index (κ3) is 8.45. The molecular weight excluding hydrogens is 721 g/mol. The van der Waals surface area contributed by atoms with E-state index in [1.165, 1.54) is 24.0 Å². The topological polar surface area (TPSA) is 131 Å². The van der Waals surface area contributed by atoms with Gasteiger partial charge in [-0.25, -0.2) is 9.18 Å². The lowest BCUT2D eigenvalue weighted by atomic mass is 9.81. The molecule has 1 saturated carbocycles. The number of amides is 3. The van der Waals surface area contributed by atoms with Gasteiger partial charge in [-0.2, -0.15) is 0 Å². The molecule has 3 N–H and O–H groups in total. The van der Waals surface area contributed by atoms with E-state index in [1.807, 2.05) is 53.4 Å². The quantitative estimate of drug-likeness (QED) is 0.198. The van der Waals surface area contributed by atoms with E-state index < -0.39 is 24.3 Å². The molecule has 51 heavy (non-hydrogen) atoms. The van der Waals surface area contributed by atoms with Crippen molar-refractivity contribution in [1.82, 2.24) is 14.7 Å². The summed E-state index contributed by atoms with van der Waals surface area (Å²) in [5.41, 5.74) is 4.75. The number of aliphatic hydroxyl groups is 2. The number of aryl methyl sites for hydroxylation is 1. The van der Waals surface area contributed by atoms with Gasteiger partial charge >= 0.3 is 6.09 Å². The highest BCUT2D eigenvalue weighted by atomic mass is 79.9. The van der Waals surface area contributed by atoms with E-state index in [1.54, 1.807) is 11.0 Å². The Morgan fingerprint density at radius 3 is 2.43 bits per heavy atom. The monoisotopic (exact) mass is 763 g/mol. The van der Waals surface area contributed by atoms with Crippen molar-refractivity contribution in [2.24, 2.45) is 0 Å². The molecule has 3 aromatic rings. The highest BCUT2D eigenvalue weighted by Gasteiger charge is 2.49. The van der Waals surface area contributed by atoms with Crippen molar-refractivity contribution in [3.05, 3.63) is 105 Å². The largest absolute Gasteiger partial charge is 0.492 e. The van der Waals surface area contributed by atoms with Crippen molar-refractivity contribution in [3.8, 4) is 5.75 Å². The van der Waals surface area contributed by atoms with Crippen molar-refractivity contribution in [2.75, 3.05) is 26.3 Å². The van der Waals surface area contributed by atoms with Crippen LogP contribution >= 0.6 is 15.9 Å². The minimum Gasteiger partial charge on any atom is -0.492 e. The summed E-state index contributed by atoms with van der Waals surface area (Å²) >= 11 is 3.38. The molecule has 0 spiro atoms. The maximum absolute atomic E-state index is 14.9. The van der Waals surface area contributed by atoms with Gasteiger partial charge in [0.05, 0.1) is 35.9 Å². The van der Waals surface area contributed by atoms with Crippen LogP contribution in [0.4, 0.5) is 9.18 Å². The Labute approximate surface area is 305 Å². The molecule has 10 nitrogen and oxygen atoms in total. The molecule has 3 aromatic carbocycles. The molecule has 1 saturated heterocycles. The lowest BCUT2D eigenvalue weighted by Crippen LogP contribution is -2.64. The van der Waals surface area contributed by atoms with Crippen LogP contribution in [0.3, 0.4) is 0 Å². The lowest BCUT2D eigenvalue weighted by Gasteiger charge is -2.50. The van der Waals surface area contributed by atoms with Gasteiger partial charge in [0.25, 0.3) is 5.91 Å². The average Bonchev–Trinajstić information content (AvgIpc) is 3.96. The van der Waals surface area contributed by atoms with Crippen LogP contribution in [0.1, 0.15) is 54.9 Å². The molecule has 0 unspecified atom stereocenters. The van der Waals surface area contributed by atoms with Gasteiger partial charge in [0.2, 0.25) is 5.91 Å². The first-order chi connectivity index (χ1) is 24.5. The lowest BCUT2D eigenvalue weighted by molar-refractivity contribution is -0.135. The number of nitrogens with zero attached hydrogens (tertiary/aromatic N) is 3. The molecule has 0 aromatic heterocycles. The van der Waals surface area contributed by atoms with E-state index in [2.05, 4.69) is 15.9 Å². The number of benzene rings is 3. The molecule has 6 rings (SSSR count). The average molecular weight is 765 g/mol. The Hall–Kier alpha value is -4.26.